The predicted octanol–water partition coefficient (Wildman–Crippen LogP) is 0.818. The van der Waals surface area contributed by atoms with Gasteiger partial charge in [0, 0.05) is 25.2 Å². The molecule has 0 spiro atoms. The average molecular weight is 278 g/mol. The molecule has 1 aromatic rings. The number of benzene rings is 1. The Bertz CT molecular complexity index is 439. The summed E-state index contributed by atoms with van der Waals surface area (Å²) in [7, 11) is 1.65. The maximum atomic E-state index is 11.4. The number of amides is 1. The van der Waals surface area contributed by atoms with E-state index in [9.17, 15) is 4.79 Å². The van der Waals surface area contributed by atoms with E-state index in [1.54, 1.807) is 7.11 Å². The highest BCUT2D eigenvalue weighted by Crippen LogP contribution is 2.35. The Morgan fingerprint density at radius 2 is 2.00 bits per heavy atom. The van der Waals surface area contributed by atoms with Gasteiger partial charge in [-0.25, -0.2) is 0 Å². The van der Waals surface area contributed by atoms with Crippen LogP contribution in [-0.4, -0.2) is 39.3 Å². The van der Waals surface area contributed by atoms with Gasteiger partial charge in [-0.3, -0.25) is 4.79 Å². The smallest absolute Gasteiger partial charge is 0.233 e. The summed E-state index contributed by atoms with van der Waals surface area (Å²) in [6.45, 7) is 2.04. The van der Waals surface area contributed by atoms with Gasteiger partial charge < -0.3 is 20.5 Å². The van der Waals surface area contributed by atoms with Gasteiger partial charge in [0.15, 0.2) is 0 Å². The van der Waals surface area contributed by atoms with Crippen LogP contribution in [0.4, 0.5) is 0 Å². The SMILES string of the molecule is COc1ccc(C2(CNC(=O)CN)CCOCC2)cc1. The van der Waals surface area contributed by atoms with E-state index in [1.807, 2.05) is 12.1 Å². The predicted molar refractivity (Wildman–Crippen MR) is 76.8 cm³/mol. The molecule has 1 amide bonds. The van der Waals surface area contributed by atoms with E-state index in [4.69, 9.17) is 15.2 Å². The van der Waals surface area contributed by atoms with Gasteiger partial charge in [-0.1, -0.05) is 12.1 Å². The molecule has 0 unspecified atom stereocenters. The summed E-state index contributed by atoms with van der Waals surface area (Å²) in [4.78, 5) is 11.4. The van der Waals surface area contributed by atoms with Crippen LogP contribution < -0.4 is 15.8 Å². The molecule has 0 atom stereocenters. The molecule has 1 saturated heterocycles. The Morgan fingerprint density at radius 1 is 1.35 bits per heavy atom. The number of carbonyl (C=O) groups is 1. The van der Waals surface area contributed by atoms with Crippen molar-refractivity contribution < 1.29 is 14.3 Å². The molecular weight excluding hydrogens is 256 g/mol. The largest absolute Gasteiger partial charge is 0.497 e. The Kier molecular flexibility index (Phi) is 4.98. The molecule has 3 N–H and O–H groups in total. The quantitative estimate of drug-likeness (QED) is 0.836. The van der Waals surface area contributed by atoms with Crippen LogP contribution in [0.5, 0.6) is 5.75 Å². The number of nitrogens with two attached hydrogens (primary N) is 1. The van der Waals surface area contributed by atoms with Crippen molar-refractivity contribution in [1.82, 2.24) is 5.32 Å². The lowest BCUT2D eigenvalue weighted by molar-refractivity contribution is -0.120. The zero-order valence-corrected chi connectivity index (χ0v) is 11.9. The lowest BCUT2D eigenvalue weighted by Crippen LogP contribution is -2.45. The molecular formula is C15H22N2O3. The van der Waals surface area contributed by atoms with E-state index < -0.39 is 0 Å². The van der Waals surface area contributed by atoms with Gasteiger partial charge in [0.25, 0.3) is 0 Å². The van der Waals surface area contributed by atoms with E-state index in [0.717, 1.165) is 18.6 Å². The molecule has 0 radical (unpaired) electrons. The second-order valence-corrected chi connectivity index (χ2v) is 5.10. The van der Waals surface area contributed by atoms with Gasteiger partial charge in [-0.05, 0) is 30.5 Å². The standard InChI is InChI=1S/C15H22N2O3/c1-19-13-4-2-12(3-5-13)15(6-8-20-9-7-15)11-17-14(18)10-16/h2-5H,6-11,16H2,1H3,(H,17,18). The van der Waals surface area contributed by atoms with Crippen LogP contribution in [0, 0.1) is 0 Å². The highest BCUT2D eigenvalue weighted by atomic mass is 16.5. The van der Waals surface area contributed by atoms with E-state index in [1.165, 1.54) is 5.56 Å². The summed E-state index contributed by atoms with van der Waals surface area (Å²) in [5.74, 6) is 0.714. The second kappa shape index (κ2) is 6.72. The summed E-state index contributed by atoms with van der Waals surface area (Å²) in [5.41, 5.74) is 6.49. The van der Waals surface area contributed by atoms with E-state index in [-0.39, 0.29) is 17.9 Å². The van der Waals surface area contributed by atoms with Crippen molar-refractivity contribution >= 4 is 5.91 Å². The number of carbonyl (C=O) groups excluding carboxylic acids is 1. The first kappa shape index (κ1) is 14.8. The molecule has 1 aromatic carbocycles. The van der Waals surface area contributed by atoms with Crippen molar-refractivity contribution in [2.24, 2.45) is 5.73 Å². The number of rotatable bonds is 5. The minimum absolute atomic E-state index is 0.0230. The summed E-state index contributed by atoms with van der Waals surface area (Å²) < 4.78 is 10.7. The van der Waals surface area contributed by atoms with E-state index in [0.29, 0.717) is 19.8 Å². The molecule has 5 nitrogen and oxygen atoms in total. The second-order valence-electron chi connectivity index (χ2n) is 5.10. The van der Waals surface area contributed by atoms with Gasteiger partial charge in [-0.15, -0.1) is 0 Å². The van der Waals surface area contributed by atoms with Crippen molar-refractivity contribution in [3.63, 3.8) is 0 Å². The number of ether oxygens (including phenoxy) is 2. The molecule has 1 heterocycles. The first-order valence-electron chi connectivity index (χ1n) is 6.89. The minimum atomic E-state index is -0.121. The third-order valence-corrected chi connectivity index (χ3v) is 3.96. The maximum Gasteiger partial charge on any atom is 0.233 e. The molecule has 20 heavy (non-hydrogen) atoms. The fraction of sp³-hybridized carbons (Fsp3) is 0.533. The first-order valence-corrected chi connectivity index (χ1v) is 6.89. The minimum Gasteiger partial charge on any atom is -0.497 e. The molecule has 110 valence electrons. The zero-order valence-electron chi connectivity index (χ0n) is 11.9. The van der Waals surface area contributed by atoms with Gasteiger partial charge >= 0.3 is 0 Å². The van der Waals surface area contributed by atoms with Gasteiger partial charge in [-0.2, -0.15) is 0 Å². The lowest BCUT2D eigenvalue weighted by Gasteiger charge is -2.38. The average Bonchev–Trinajstić information content (AvgIpc) is 2.53. The van der Waals surface area contributed by atoms with Crippen LogP contribution in [0.25, 0.3) is 0 Å². The molecule has 0 aliphatic carbocycles. The number of hydrogen-bond acceptors (Lipinski definition) is 4. The third kappa shape index (κ3) is 3.29. The van der Waals surface area contributed by atoms with Crippen LogP contribution in [0.2, 0.25) is 0 Å². The summed E-state index contributed by atoms with van der Waals surface area (Å²) in [6, 6.07) is 8.05. The zero-order chi connectivity index (χ0) is 14.4. The van der Waals surface area contributed by atoms with Gasteiger partial charge in [0.1, 0.15) is 5.75 Å². The molecule has 1 aliphatic heterocycles. The van der Waals surface area contributed by atoms with Crippen LogP contribution >= 0.6 is 0 Å². The number of nitrogens with one attached hydrogen (secondary N) is 1. The Balaban J connectivity index is 2.18. The summed E-state index contributed by atoms with van der Waals surface area (Å²) >= 11 is 0. The van der Waals surface area contributed by atoms with Crippen molar-refractivity contribution in [1.29, 1.82) is 0 Å². The Hall–Kier alpha value is -1.59. The molecule has 2 rings (SSSR count). The number of hydrogen-bond donors (Lipinski definition) is 2. The number of methoxy groups -OCH3 is 1. The molecule has 1 aliphatic rings. The maximum absolute atomic E-state index is 11.4. The molecule has 5 heteroatoms. The highest BCUT2D eigenvalue weighted by Gasteiger charge is 2.34. The van der Waals surface area contributed by atoms with Gasteiger partial charge in [0.05, 0.1) is 13.7 Å². The molecule has 0 saturated carbocycles. The third-order valence-electron chi connectivity index (χ3n) is 3.96. The van der Waals surface area contributed by atoms with Crippen molar-refractivity contribution in [2.45, 2.75) is 18.3 Å². The van der Waals surface area contributed by atoms with Crippen molar-refractivity contribution in [3.8, 4) is 5.75 Å². The van der Waals surface area contributed by atoms with Crippen LogP contribution in [0.3, 0.4) is 0 Å². The van der Waals surface area contributed by atoms with E-state index in [2.05, 4.69) is 17.4 Å². The van der Waals surface area contributed by atoms with Crippen LogP contribution in [-0.2, 0) is 14.9 Å². The normalized spacial score (nSPS) is 17.5. The summed E-state index contributed by atoms with van der Waals surface area (Å²) in [5, 5.41) is 2.92. The van der Waals surface area contributed by atoms with Crippen LogP contribution in [0.15, 0.2) is 24.3 Å². The topological polar surface area (TPSA) is 73.6 Å². The molecule has 1 fully saturated rings. The van der Waals surface area contributed by atoms with Gasteiger partial charge in [0.2, 0.25) is 5.91 Å². The molecule has 0 bridgehead atoms. The fourth-order valence-corrected chi connectivity index (χ4v) is 2.61. The monoisotopic (exact) mass is 278 g/mol. The highest BCUT2D eigenvalue weighted by molar-refractivity contribution is 5.77. The fourth-order valence-electron chi connectivity index (χ4n) is 2.61. The lowest BCUT2D eigenvalue weighted by atomic mass is 9.74. The first-order chi connectivity index (χ1) is 9.70. The summed E-state index contributed by atoms with van der Waals surface area (Å²) in [6.07, 6.45) is 1.79. The Morgan fingerprint density at radius 3 is 2.55 bits per heavy atom. The molecule has 0 aromatic heterocycles. The van der Waals surface area contributed by atoms with E-state index >= 15 is 0 Å². The van der Waals surface area contributed by atoms with Crippen molar-refractivity contribution in [3.05, 3.63) is 29.8 Å². The van der Waals surface area contributed by atoms with Crippen LogP contribution in [0.1, 0.15) is 18.4 Å². The van der Waals surface area contributed by atoms with Crippen molar-refractivity contribution in [2.75, 3.05) is 33.4 Å². The Labute approximate surface area is 119 Å².